The summed E-state index contributed by atoms with van der Waals surface area (Å²) in [5.41, 5.74) is 5.14. The van der Waals surface area contributed by atoms with Gasteiger partial charge in [-0.25, -0.2) is 4.68 Å². The summed E-state index contributed by atoms with van der Waals surface area (Å²) in [4.78, 5) is 0. The summed E-state index contributed by atoms with van der Waals surface area (Å²) < 4.78 is 10.5. The highest BCUT2D eigenvalue weighted by Gasteiger charge is 2.23. The molecule has 0 spiro atoms. The molecule has 2 aliphatic rings. The number of hydrogen-bond acceptors (Lipinski definition) is 4. The van der Waals surface area contributed by atoms with E-state index in [0.717, 1.165) is 41.6 Å². The van der Waals surface area contributed by atoms with E-state index in [0.29, 0.717) is 11.6 Å². The van der Waals surface area contributed by atoms with E-state index < -0.39 is 0 Å². The van der Waals surface area contributed by atoms with Gasteiger partial charge in [-0.15, -0.1) is 0 Å². The first kappa shape index (κ1) is 19.1. The molecular weight excluding hydrogens is 398 g/mol. The molecule has 0 aliphatic heterocycles. The maximum absolute atomic E-state index is 9.21. The predicted molar refractivity (Wildman–Crippen MR) is 122 cm³/mol. The lowest BCUT2D eigenvalue weighted by Gasteiger charge is -2.26. The van der Waals surface area contributed by atoms with E-state index in [-0.39, 0.29) is 6.10 Å². The molecule has 6 nitrogen and oxygen atoms in total. The van der Waals surface area contributed by atoms with E-state index in [1.54, 1.807) is 0 Å². The largest absolute Gasteiger partial charge is 0.486 e. The minimum atomic E-state index is 0.00503. The molecule has 1 atom stereocenters. The number of hydrogen-bond donors (Lipinski definition) is 0. The molecule has 4 aromatic rings. The lowest BCUT2D eigenvalue weighted by Crippen LogP contribution is -2.15. The minimum Gasteiger partial charge on any atom is -0.486 e. The van der Waals surface area contributed by atoms with E-state index in [1.165, 1.54) is 36.8 Å². The van der Waals surface area contributed by atoms with Crippen LogP contribution in [0.5, 0.6) is 5.75 Å². The Balaban J connectivity index is 1.30. The normalized spacial score (nSPS) is 18.5. The minimum absolute atomic E-state index is 0.00503. The van der Waals surface area contributed by atoms with Gasteiger partial charge in [0.15, 0.2) is 0 Å². The molecule has 1 unspecified atom stereocenters. The topological polar surface area (TPSA) is 68.7 Å². The van der Waals surface area contributed by atoms with Gasteiger partial charge < -0.3 is 4.74 Å². The van der Waals surface area contributed by atoms with Gasteiger partial charge in [-0.2, -0.15) is 15.5 Å². The zero-order chi connectivity index (χ0) is 21.5. The Morgan fingerprint density at radius 3 is 2.75 bits per heavy atom. The summed E-state index contributed by atoms with van der Waals surface area (Å²) in [6.45, 7) is 0. The van der Waals surface area contributed by atoms with Crippen LogP contribution in [0.15, 0.2) is 55.0 Å². The van der Waals surface area contributed by atoms with Crippen LogP contribution in [0.25, 0.3) is 16.6 Å². The number of aryl methyl sites for hydroxylation is 1. The summed E-state index contributed by atoms with van der Waals surface area (Å²) >= 11 is 0. The molecule has 1 saturated carbocycles. The number of aromatic nitrogens is 4. The van der Waals surface area contributed by atoms with Gasteiger partial charge in [0.1, 0.15) is 17.5 Å². The van der Waals surface area contributed by atoms with Crippen molar-refractivity contribution in [1.82, 2.24) is 19.6 Å². The van der Waals surface area contributed by atoms with Crippen LogP contribution in [0, 0.1) is 11.3 Å². The molecule has 32 heavy (non-hydrogen) atoms. The Hall–Kier alpha value is -3.59. The summed E-state index contributed by atoms with van der Waals surface area (Å²) in [5.74, 6) is 0.838. The van der Waals surface area contributed by atoms with Crippen LogP contribution in [-0.2, 0) is 6.42 Å². The Morgan fingerprint density at radius 2 is 1.88 bits per heavy atom. The highest BCUT2D eigenvalue weighted by Crippen LogP contribution is 2.35. The Labute approximate surface area is 187 Å². The van der Waals surface area contributed by atoms with Gasteiger partial charge in [0, 0.05) is 11.5 Å². The molecule has 1 fully saturated rings. The Bertz CT molecular complexity index is 1320. The van der Waals surface area contributed by atoms with Crippen LogP contribution in [0.3, 0.4) is 0 Å². The summed E-state index contributed by atoms with van der Waals surface area (Å²) in [7, 11) is 0. The Morgan fingerprint density at radius 1 is 0.969 bits per heavy atom. The van der Waals surface area contributed by atoms with Crippen LogP contribution in [0.2, 0.25) is 0 Å². The van der Waals surface area contributed by atoms with Gasteiger partial charge >= 0.3 is 0 Å². The standard InChI is InChI=1S/C26H25N5O/c27-14-18-8-11-24-19(12-18)4-3-7-26(24)32-23-10-9-20-15-29-31(25(20)13-23)22-16-28-30(17-22)21-5-1-2-6-21/h8-13,15-17,21,26H,1-7H2. The lowest BCUT2D eigenvalue weighted by molar-refractivity contribution is 0.183. The fourth-order valence-electron chi connectivity index (χ4n) is 5.21. The first-order valence-corrected chi connectivity index (χ1v) is 11.5. The van der Waals surface area contributed by atoms with Crippen LogP contribution < -0.4 is 4.74 Å². The van der Waals surface area contributed by atoms with Gasteiger partial charge in [0.05, 0.1) is 41.8 Å². The van der Waals surface area contributed by atoms with Crippen molar-refractivity contribution in [3.8, 4) is 17.5 Å². The fourth-order valence-corrected chi connectivity index (χ4v) is 5.21. The Kier molecular flexibility index (Phi) is 4.68. The molecule has 160 valence electrons. The molecule has 6 heteroatoms. The van der Waals surface area contributed by atoms with Crippen molar-refractivity contribution in [1.29, 1.82) is 5.26 Å². The average Bonchev–Trinajstić information content (AvgIpc) is 3.58. The SMILES string of the molecule is N#Cc1ccc2c(c1)CCCC2Oc1ccc2cnn(-c3cnn(C4CCCC4)c3)c2c1. The van der Waals surface area contributed by atoms with Crippen LogP contribution in [-0.4, -0.2) is 19.6 Å². The van der Waals surface area contributed by atoms with Gasteiger partial charge in [-0.1, -0.05) is 18.9 Å². The van der Waals surface area contributed by atoms with Gasteiger partial charge in [-0.05, 0) is 67.5 Å². The molecule has 2 aromatic carbocycles. The average molecular weight is 424 g/mol. The third-order valence-corrected chi connectivity index (χ3v) is 6.88. The summed E-state index contributed by atoms with van der Waals surface area (Å²) in [6.07, 6.45) is 13.9. The van der Waals surface area contributed by atoms with E-state index in [9.17, 15) is 5.26 Å². The molecule has 0 N–H and O–H groups in total. The highest BCUT2D eigenvalue weighted by atomic mass is 16.5. The van der Waals surface area contributed by atoms with Gasteiger partial charge in [0.2, 0.25) is 0 Å². The second-order valence-electron chi connectivity index (χ2n) is 8.92. The third-order valence-electron chi connectivity index (χ3n) is 6.88. The molecule has 0 amide bonds. The first-order chi connectivity index (χ1) is 15.8. The van der Waals surface area contributed by atoms with Crippen molar-refractivity contribution in [3.05, 3.63) is 71.7 Å². The van der Waals surface area contributed by atoms with Crippen molar-refractivity contribution in [2.24, 2.45) is 0 Å². The van der Waals surface area contributed by atoms with Crippen molar-refractivity contribution >= 4 is 10.9 Å². The second kappa shape index (κ2) is 7.83. The summed E-state index contributed by atoms with van der Waals surface area (Å²) in [6, 6.07) is 14.9. The van der Waals surface area contributed by atoms with Gasteiger partial charge in [-0.3, -0.25) is 4.68 Å². The van der Waals surface area contributed by atoms with Crippen molar-refractivity contribution in [3.63, 3.8) is 0 Å². The number of fused-ring (bicyclic) bond motifs is 2. The van der Waals surface area contributed by atoms with E-state index in [1.807, 2.05) is 35.3 Å². The molecule has 2 heterocycles. The molecule has 0 saturated heterocycles. The monoisotopic (exact) mass is 423 g/mol. The zero-order valence-electron chi connectivity index (χ0n) is 17.9. The zero-order valence-corrected chi connectivity index (χ0v) is 17.9. The molecule has 2 aliphatic carbocycles. The maximum Gasteiger partial charge on any atom is 0.124 e. The number of nitrogens with zero attached hydrogens (tertiary/aromatic N) is 5. The smallest absolute Gasteiger partial charge is 0.124 e. The molecule has 0 radical (unpaired) electrons. The molecule has 2 aromatic heterocycles. The van der Waals surface area contributed by atoms with Crippen LogP contribution in [0.4, 0.5) is 0 Å². The quantitative estimate of drug-likeness (QED) is 0.424. The second-order valence-corrected chi connectivity index (χ2v) is 8.92. The first-order valence-electron chi connectivity index (χ1n) is 11.5. The maximum atomic E-state index is 9.21. The number of benzene rings is 2. The number of ether oxygens (including phenoxy) is 1. The van der Waals surface area contributed by atoms with E-state index in [4.69, 9.17) is 4.74 Å². The summed E-state index contributed by atoms with van der Waals surface area (Å²) in [5, 5.41) is 19.5. The van der Waals surface area contributed by atoms with Crippen molar-refractivity contribution in [2.45, 2.75) is 57.1 Å². The molecular formula is C26H25N5O. The highest BCUT2D eigenvalue weighted by molar-refractivity contribution is 5.81. The number of nitriles is 1. The fraction of sp³-hybridized carbons (Fsp3) is 0.346. The lowest BCUT2D eigenvalue weighted by atomic mass is 9.88. The molecule has 0 bridgehead atoms. The third kappa shape index (κ3) is 3.34. The van der Waals surface area contributed by atoms with Gasteiger partial charge in [0.25, 0.3) is 0 Å². The predicted octanol–water partition coefficient (Wildman–Crippen LogP) is 5.67. The van der Waals surface area contributed by atoms with Crippen molar-refractivity contribution in [2.75, 3.05) is 0 Å². The van der Waals surface area contributed by atoms with Crippen molar-refractivity contribution < 1.29 is 4.74 Å². The molecule has 6 rings (SSSR count). The van der Waals surface area contributed by atoms with Crippen LogP contribution >= 0.6 is 0 Å². The van der Waals surface area contributed by atoms with E-state index >= 15 is 0 Å². The van der Waals surface area contributed by atoms with Crippen LogP contribution in [0.1, 0.15) is 67.4 Å². The number of rotatable bonds is 4. The van der Waals surface area contributed by atoms with E-state index in [2.05, 4.69) is 45.3 Å².